The van der Waals surface area contributed by atoms with Crippen molar-refractivity contribution >= 4 is 18.0 Å². The van der Waals surface area contributed by atoms with Crippen molar-refractivity contribution in [2.24, 2.45) is 23.2 Å². The van der Waals surface area contributed by atoms with E-state index in [1.807, 2.05) is 37.3 Å². The second-order valence-corrected chi connectivity index (χ2v) is 9.73. The first kappa shape index (κ1) is 20.7. The molecule has 1 N–H and O–H groups in total. The number of rotatable bonds is 6. The minimum Gasteiger partial charge on any atom is -0.451 e. The maximum Gasteiger partial charge on any atom is 0.349 e. The molecule has 4 fully saturated rings. The molecule has 158 valence electrons. The molecule has 1 aromatic carbocycles. The molecule has 0 unspecified atom stereocenters. The molecule has 0 radical (unpaired) electrons. The molecule has 5 heteroatoms. The van der Waals surface area contributed by atoms with Crippen LogP contribution in [0.4, 0.5) is 0 Å². The first-order valence-electron chi connectivity index (χ1n) is 11.0. The second-order valence-electron chi connectivity index (χ2n) is 9.73. The van der Waals surface area contributed by atoms with Crippen molar-refractivity contribution in [2.75, 3.05) is 6.61 Å². The van der Waals surface area contributed by atoms with E-state index in [1.54, 1.807) is 0 Å². The van der Waals surface area contributed by atoms with Crippen LogP contribution in [0.5, 0.6) is 0 Å². The van der Waals surface area contributed by atoms with Crippen LogP contribution in [0.2, 0.25) is 0 Å². The molecule has 1 amide bonds. The molecule has 0 aromatic heterocycles. The lowest BCUT2D eigenvalue weighted by molar-refractivity contribution is -0.145. The number of hydrogen-bond donors (Lipinski definition) is 1. The average molecular weight is 407 g/mol. The third kappa shape index (κ3) is 4.28. The van der Waals surface area contributed by atoms with Gasteiger partial charge in [-0.1, -0.05) is 29.8 Å². The smallest absolute Gasteiger partial charge is 0.349 e. The fourth-order valence-corrected chi connectivity index (χ4v) is 6.32. The minimum absolute atomic E-state index is 0.0793. The van der Waals surface area contributed by atoms with E-state index in [9.17, 15) is 14.9 Å². The Kier molecular flexibility index (Phi) is 5.69. The molecule has 4 aliphatic carbocycles. The Hall–Kier alpha value is -2.61. The highest BCUT2D eigenvalue weighted by atomic mass is 16.5. The molecule has 4 saturated carbocycles. The van der Waals surface area contributed by atoms with Crippen molar-refractivity contribution in [3.8, 4) is 6.07 Å². The molecule has 30 heavy (non-hydrogen) atoms. The summed E-state index contributed by atoms with van der Waals surface area (Å²) in [4.78, 5) is 24.7. The van der Waals surface area contributed by atoms with Gasteiger partial charge in [-0.2, -0.15) is 5.26 Å². The predicted molar refractivity (Wildman–Crippen MR) is 114 cm³/mol. The number of nitrogens with zero attached hydrogens (tertiary/aromatic N) is 1. The van der Waals surface area contributed by atoms with E-state index in [2.05, 4.69) is 12.2 Å². The van der Waals surface area contributed by atoms with E-state index in [-0.39, 0.29) is 29.5 Å². The van der Waals surface area contributed by atoms with Crippen molar-refractivity contribution in [1.29, 1.82) is 5.26 Å². The fourth-order valence-electron chi connectivity index (χ4n) is 6.32. The van der Waals surface area contributed by atoms with E-state index < -0.39 is 5.97 Å². The van der Waals surface area contributed by atoms with Crippen molar-refractivity contribution in [2.45, 2.75) is 58.4 Å². The lowest BCUT2D eigenvalue weighted by Crippen LogP contribution is -2.56. The number of carbonyl (C=O) groups is 2. The van der Waals surface area contributed by atoms with Crippen LogP contribution in [-0.2, 0) is 14.3 Å². The van der Waals surface area contributed by atoms with Crippen LogP contribution in [0.1, 0.15) is 56.6 Å². The van der Waals surface area contributed by atoms with E-state index in [1.165, 1.54) is 44.6 Å². The normalized spacial score (nSPS) is 30.4. The summed E-state index contributed by atoms with van der Waals surface area (Å²) in [7, 11) is 0. The van der Waals surface area contributed by atoms with E-state index in [4.69, 9.17) is 4.74 Å². The fraction of sp³-hybridized carbons (Fsp3) is 0.560. The van der Waals surface area contributed by atoms with Crippen molar-refractivity contribution in [3.05, 3.63) is 41.0 Å². The summed E-state index contributed by atoms with van der Waals surface area (Å²) in [6, 6.07) is 9.44. The Morgan fingerprint density at radius 2 is 1.73 bits per heavy atom. The zero-order valence-corrected chi connectivity index (χ0v) is 17.8. The highest BCUT2D eigenvalue weighted by molar-refractivity contribution is 5.98. The lowest BCUT2D eigenvalue weighted by atomic mass is 9.48. The summed E-state index contributed by atoms with van der Waals surface area (Å²) >= 11 is 0. The number of benzene rings is 1. The topological polar surface area (TPSA) is 79.2 Å². The zero-order chi connectivity index (χ0) is 21.3. The standard InChI is InChI=1S/C25H30N2O3/c1-16-3-5-18(6-4-16)10-22(14-26)24(29)30-15-23(28)27-17(2)25-11-19-7-20(12-25)9-21(8-19)13-25/h3-6,10,17,19-21H,7-9,11-13,15H2,1-2H3,(H,27,28)/b22-10+/t17-,19?,20?,21?,25?/m1/s1. The highest BCUT2D eigenvalue weighted by Gasteiger charge is 2.53. The van der Waals surface area contributed by atoms with Crippen LogP contribution in [0.25, 0.3) is 6.08 Å². The Balaban J connectivity index is 1.31. The molecule has 5 rings (SSSR count). The van der Waals surface area contributed by atoms with Gasteiger partial charge in [0.15, 0.2) is 6.61 Å². The van der Waals surface area contributed by atoms with Crippen LogP contribution in [0.15, 0.2) is 29.8 Å². The molecule has 1 aromatic rings. The molecule has 0 spiro atoms. The Bertz CT molecular complexity index is 859. The molecule has 5 nitrogen and oxygen atoms in total. The predicted octanol–water partition coefficient (Wildman–Crippen LogP) is 4.17. The van der Waals surface area contributed by atoms with Crippen LogP contribution < -0.4 is 5.32 Å². The number of aryl methyl sites for hydroxylation is 1. The van der Waals surface area contributed by atoms with Crippen LogP contribution in [0, 0.1) is 41.4 Å². The van der Waals surface area contributed by atoms with Crippen LogP contribution in [-0.4, -0.2) is 24.5 Å². The summed E-state index contributed by atoms with van der Waals surface area (Å²) in [5.74, 6) is 1.39. The Morgan fingerprint density at radius 3 is 2.27 bits per heavy atom. The number of carbonyl (C=O) groups excluding carboxylic acids is 2. The van der Waals surface area contributed by atoms with E-state index >= 15 is 0 Å². The van der Waals surface area contributed by atoms with Gasteiger partial charge in [0.1, 0.15) is 11.6 Å². The molecular weight excluding hydrogens is 376 g/mol. The van der Waals surface area contributed by atoms with Crippen molar-refractivity contribution < 1.29 is 14.3 Å². The maximum absolute atomic E-state index is 12.5. The summed E-state index contributed by atoms with van der Waals surface area (Å²) in [5, 5.41) is 12.4. The van der Waals surface area contributed by atoms with E-state index in [0.29, 0.717) is 0 Å². The second kappa shape index (κ2) is 8.26. The van der Waals surface area contributed by atoms with Gasteiger partial charge in [-0.05, 0) is 87.2 Å². The Morgan fingerprint density at radius 1 is 1.17 bits per heavy atom. The van der Waals surface area contributed by atoms with Gasteiger partial charge in [-0.15, -0.1) is 0 Å². The molecule has 1 atom stereocenters. The number of hydrogen-bond acceptors (Lipinski definition) is 4. The molecule has 0 heterocycles. The van der Waals surface area contributed by atoms with Gasteiger partial charge in [0.25, 0.3) is 5.91 Å². The summed E-state index contributed by atoms with van der Waals surface area (Å²) < 4.78 is 5.13. The summed E-state index contributed by atoms with van der Waals surface area (Å²) in [5.41, 5.74) is 1.94. The highest BCUT2D eigenvalue weighted by Crippen LogP contribution is 2.61. The Labute approximate surface area is 178 Å². The summed E-state index contributed by atoms with van der Waals surface area (Å²) in [6.07, 6.45) is 9.19. The van der Waals surface area contributed by atoms with Gasteiger partial charge >= 0.3 is 5.97 Å². The SMILES string of the molecule is Cc1ccc(/C=C(\C#N)C(=O)OCC(=O)N[C@H](C)C23CC4CC(CC(C4)C2)C3)cc1. The molecule has 0 saturated heterocycles. The zero-order valence-electron chi connectivity index (χ0n) is 17.8. The number of amides is 1. The monoisotopic (exact) mass is 406 g/mol. The van der Waals surface area contributed by atoms with Gasteiger partial charge in [0, 0.05) is 6.04 Å². The number of nitriles is 1. The van der Waals surface area contributed by atoms with Crippen LogP contribution in [0.3, 0.4) is 0 Å². The van der Waals surface area contributed by atoms with Crippen molar-refractivity contribution in [3.63, 3.8) is 0 Å². The largest absolute Gasteiger partial charge is 0.451 e. The first-order valence-corrected chi connectivity index (χ1v) is 11.0. The van der Waals surface area contributed by atoms with Gasteiger partial charge in [-0.3, -0.25) is 4.79 Å². The average Bonchev–Trinajstić information content (AvgIpc) is 2.70. The van der Waals surface area contributed by atoms with Crippen molar-refractivity contribution in [1.82, 2.24) is 5.32 Å². The number of ether oxygens (including phenoxy) is 1. The first-order chi connectivity index (χ1) is 14.4. The third-order valence-corrected chi connectivity index (χ3v) is 7.44. The van der Waals surface area contributed by atoms with Gasteiger partial charge in [0.05, 0.1) is 0 Å². The lowest BCUT2D eigenvalue weighted by Gasteiger charge is -2.59. The third-order valence-electron chi connectivity index (χ3n) is 7.44. The molecule has 0 aliphatic heterocycles. The maximum atomic E-state index is 12.5. The van der Waals surface area contributed by atoms with Gasteiger partial charge in [-0.25, -0.2) is 4.79 Å². The molecule has 4 aliphatic rings. The van der Waals surface area contributed by atoms with E-state index in [0.717, 1.165) is 28.9 Å². The number of esters is 1. The molecular formula is C25H30N2O3. The quantitative estimate of drug-likeness (QED) is 0.437. The molecule has 4 bridgehead atoms. The minimum atomic E-state index is -0.768. The van der Waals surface area contributed by atoms with Gasteiger partial charge in [0.2, 0.25) is 0 Å². The summed E-state index contributed by atoms with van der Waals surface area (Å²) in [6.45, 7) is 3.71. The van der Waals surface area contributed by atoms with Crippen LogP contribution >= 0.6 is 0 Å². The van der Waals surface area contributed by atoms with Gasteiger partial charge < -0.3 is 10.1 Å². The number of nitrogens with one attached hydrogen (secondary N) is 1.